The van der Waals surface area contributed by atoms with Crippen LogP contribution in [0.5, 0.6) is 0 Å². The van der Waals surface area contributed by atoms with Crippen LogP contribution < -0.4 is 21.9 Å². The number of amides is 1. The van der Waals surface area contributed by atoms with Gasteiger partial charge < -0.3 is 10.1 Å². The molecule has 0 spiro atoms. The monoisotopic (exact) mass is 484 g/mol. The van der Waals surface area contributed by atoms with Gasteiger partial charge in [-0.1, -0.05) is 6.08 Å². The minimum Gasteiger partial charge on any atom is -0.346 e. The Morgan fingerprint density at radius 1 is 1.33 bits per heavy atom. The highest BCUT2D eigenvalue weighted by atomic mass is 32.2. The second-order valence-electron chi connectivity index (χ2n) is 7.35. The molecule has 1 saturated heterocycles. The topological polar surface area (TPSA) is 119 Å². The van der Waals surface area contributed by atoms with Crippen molar-refractivity contribution in [3.8, 4) is 0 Å². The zero-order valence-corrected chi connectivity index (χ0v) is 18.5. The van der Waals surface area contributed by atoms with E-state index in [1.165, 1.54) is 19.3 Å². The largest absolute Gasteiger partial charge is 0.431 e. The van der Waals surface area contributed by atoms with Gasteiger partial charge in [0.25, 0.3) is 17.2 Å². The molecule has 0 saturated carbocycles. The number of carbonyl (C=O) groups excluding carboxylic acids is 1. The summed E-state index contributed by atoms with van der Waals surface area (Å²) in [7, 11) is 2.26. The van der Waals surface area contributed by atoms with E-state index in [-0.39, 0.29) is 22.6 Å². The van der Waals surface area contributed by atoms with Gasteiger partial charge in [0.2, 0.25) is 5.96 Å². The number of nitrogens with one attached hydrogen (secondary N) is 2. The number of halogens is 3. The molecule has 10 nitrogen and oxygen atoms in total. The average molecular weight is 484 g/mol. The quantitative estimate of drug-likeness (QED) is 0.601. The van der Waals surface area contributed by atoms with Gasteiger partial charge in [-0.3, -0.25) is 24.5 Å². The van der Waals surface area contributed by atoms with Crippen molar-refractivity contribution < 1.29 is 22.7 Å². The maximum Gasteiger partial charge on any atom is 0.431 e. The Kier molecular flexibility index (Phi) is 5.60. The van der Waals surface area contributed by atoms with Gasteiger partial charge in [-0.05, 0) is 31.0 Å². The molecule has 3 atom stereocenters. The van der Waals surface area contributed by atoms with Crippen LogP contribution in [0, 0.1) is 5.92 Å². The number of hydrogen-bond acceptors (Lipinski definition) is 7. The first-order valence-corrected chi connectivity index (χ1v) is 10.6. The molecule has 3 heterocycles. The highest BCUT2D eigenvalue weighted by Crippen LogP contribution is 2.40. The van der Waals surface area contributed by atoms with Gasteiger partial charge in [0, 0.05) is 32.7 Å². The number of aromatic nitrogens is 2. The zero-order chi connectivity index (χ0) is 24.1. The maximum atomic E-state index is 13.2. The van der Waals surface area contributed by atoms with E-state index in [0.29, 0.717) is 21.7 Å². The SMILES string of the molecule is CCN=C1NC(=O)C(OC)(C2=NSC3C=CC(n4c(=O)cc(C(F)(F)F)n(C)c4=O)=CC23)N1. The lowest BCUT2D eigenvalue weighted by Gasteiger charge is -2.29. The number of methoxy groups -OCH3 is 1. The lowest BCUT2D eigenvalue weighted by Crippen LogP contribution is -2.57. The second-order valence-corrected chi connectivity index (χ2v) is 8.29. The summed E-state index contributed by atoms with van der Waals surface area (Å²) in [6, 6.07) is 0.372. The standard InChI is InChI=1S/C19H19F3N6O4S/c1-4-23-16-24-15(30)18(25-16,32-3)14-10-7-9(5-6-11(10)33-26-14)28-13(29)8-12(19(20,21)22)27(2)17(28)31/h5-8,10-11H,4H2,1-3H3,(H2,23,24,25,30). The summed E-state index contributed by atoms with van der Waals surface area (Å²) in [4.78, 5) is 42.1. The van der Waals surface area contributed by atoms with Crippen LogP contribution in [-0.4, -0.2) is 51.3 Å². The molecule has 4 rings (SSSR count). The summed E-state index contributed by atoms with van der Waals surface area (Å²) >= 11 is 1.16. The fourth-order valence-corrected chi connectivity index (χ4v) is 4.83. The van der Waals surface area contributed by atoms with Crippen molar-refractivity contribution >= 4 is 35.2 Å². The molecule has 2 N–H and O–H groups in total. The lowest BCUT2D eigenvalue weighted by atomic mass is 9.87. The molecular weight excluding hydrogens is 465 g/mol. The van der Waals surface area contributed by atoms with E-state index in [4.69, 9.17) is 4.74 Å². The number of alkyl halides is 3. The molecule has 14 heteroatoms. The van der Waals surface area contributed by atoms with Gasteiger partial charge in [0.1, 0.15) is 5.69 Å². The van der Waals surface area contributed by atoms with Crippen molar-refractivity contribution in [2.45, 2.75) is 24.1 Å². The van der Waals surface area contributed by atoms with Crippen LogP contribution in [0.25, 0.3) is 5.70 Å². The van der Waals surface area contributed by atoms with Gasteiger partial charge >= 0.3 is 11.9 Å². The highest BCUT2D eigenvalue weighted by molar-refractivity contribution is 7.99. The minimum absolute atomic E-state index is 0.0675. The number of carbonyl (C=O) groups is 1. The highest BCUT2D eigenvalue weighted by Gasteiger charge is 2.55. The number of guanidine groups is 1. The molecule has 176 valence electrons. The first-order valence-electron chi connectivity index (χ1n) is 9.77. The van der Waals surface area contributed by atoms with Crippen LogP contribution in [0.15, 0.2) is 43.3 Å². The van der Waals surface area contributed by atoms with E-state index in [9.17, 15) is 27.6 Å². The van der Waals surface area contributed by atoms with E-state index in [1.807, 2.05) is 0 Å². The normalized spacial score (nSPS) is 27.8. The zero-order valence-electron chi connectivity index (χ0n) is 17.6. The Morgan fingerprint density at radius 3 is 2.70 bits per heavy atom. The van der Waals surface area contributed by atoms with Crippen LogP contribution in [0.4, 0.5) is 13.2 Å². The molecule has 1 aromatic heterocycles. The van der Waals surface area contributed by atoms with E-state index in [0.717, 1.165) is 19.0 Å². The first-order chi connectivity index (χ1) is 15.5. The van der Waals surface area contributed by atoms with Crippen molar-refractivity contribution in [3.63, 3.8) is 0 Å². The molecule has 33 heavy (non-hydrogen) atoms. The summed E-state index contributed by atoms with van der Waals surface area (Å²) in [5.74, 6) is -0.915. The van der Waals surface area contributed by atoms with Gasteiger partial charge in [0.15, 0.2) is 0 Å². The van der Waals surface area contributed by atoms with Crippen molar-refractivity contribution in [1.82, 2.24) is 19.8 Å². The molecule has 0 radical (unpaired) electrons. The summed E-state index contributed by atoms with van der Waals surface area (Å²) in [6.45, 7) is 2.19. The van der Waals surface area contributed by atoms with Crippen molar-refractivity contribution in [2.75, 3.05) is 13.7 Å². The Bertz CT molecular complexity index is 1260. The van der Waals surface area contributed by atoms with Crippen LogP contribution in [0.3, 0.4) is 0 Å². The first kappa shape index (κ1) is 23.0. The molecule has 1 amide bonds. The van der Waals surface area contributed by atoms with Crippen LogP contribution >= 0.6 is 11.9 Å². The van der Waals surface area contributed by atoms with Crippen LogP contribution in [0.1, 0.15) is 12.6 Å². The van der Waals surface area contributed by atoms with E-state index >= 15 is 0 Å². The Hall–Kier alpha value is -3.13. The molecule has 0 bridgehead atoms. The van der Waals surface area contributed by atoms with Gasteiger partial charge in [0.05, 0.1) is 16.7 Å². The number of fused-ring (bicyclic) bond motifs is 1. The lowest BCUT2D eigenvalue weighted by molar-refractivity contribution is -0.144. The van der Waals surface area contributed by atoms with Gasteiger partial charge in [-0.2, -0.15) is 13.2 Å². The van der Waals surface area contributed by atoms with Crippen LogP contribution in [0.2, 0.25) is 0 Å². The van der Waals surface area contributed by atoms with Crippen molar-refractivity contribution in [3.05, 3.63) is 50.8 Å². The average Bonchev–Trinajstić information content (AvgIpc) is 3.31. The molecule has 1 aliphatic carbocycles. The number of nitrogens with zero attached hydrogens (tertiary/aromatic N) is 4. The summed E-state index contributed by atoms with van der Waals surface area (Å²) < 4.78 is 50.4. The Labute approximate surface area is 189 Å². The third-order valence-electron chi connectivity index (χ3n) is 5.45. The number of hydrogen-bond donors (Lipinski definition) is 2. The van der Waals surface area contributed by atoms with E-state index in [1.54, 1.807) is 13.0 Å². The molecule has 3 aliphatic rings. The minimum atomic E-state index is -4.86. The van der Waals surface area contributed by atoms with Crippen molar-refractivity contribution in [2.24, 2.45) is 22.4 Å². The number of ether oxygens (including phenoxy) is 1. The fraction of sp³-hybridized carbons (Fsp3) is 0.421. The van der Waals surface area contributed by atoms with Gasteiger partial charge in [-0.15, -0.1) is 0 Å². The second kappa shape index (κ2) is 8.02. The van der Waals surface area contributed by atoms with E-state index in [2.05, 4.69) is 20.0 Å². The van der Waals surface area contributed by atoms with Crippen LogP contribution in [-0.2, 0) is 22.8 Å². The van der Waals surface area contributed by atoms with E-state index < -0.39 is 40.7 Å². The molecule has 2 aliphatic heterocycles. The fourth-order valence-electron chi connectivity index (χ4n) is 3.86. The molecule has 3 unspecified atom stereocenters. The van der Waals surface area contributed by atoms with Crippen molar-refractivity contribution in [1.29, 1.82) is 0 Å². The number of rotatable bonds is 4. The predicted octanol–water partition coefficient (Wildman–Crippen LogP) is 0.502. The summed E-state index contributed by atoms with van der Waals surface area (Å²) in [5.41, 5.74) is -4.94. The summed E-state index contributed by atoms with van der Waals surface area (Å²) in [5, 5.41) is 5.22. The third kappa shape index (κ3) is 3.62. The Morgan fingerprint density at radius 2 is 2.06 bits per heavy atom. The predicted molar refractivity (Wildman–Crippen MR) is 116 cm³/mol. The number of allylic oxidation sites excluding steroid dienone is 3. The molecular formula is C19H19F3N6O4S. The third-order valence-corrected chi connectivity index (χ3v) is 6.44. The van der Waals surface area contributed by atoms with Gasteiger partial charge in [-0.25, -0.2) is 13.8 Å². The number of aliphatic imine (C=N–C) groups is 1. The summed E-state index contributed by atoms with van der Waals surface area (Å²) in [6.07, 6.45) is -0.208. The molecule has 0 aromatic carbocycles. The smallest absolute Gasteiger partial charge is 0.346 e. The molecule has 1 fully saturated rings. The maximum absolute atomic E-state index is 13.2. The Balaban J connectivity index is 1.78. The molecule has 1 aromatic rings.